The van der Waals surface area contributed by atoms with E-state index in [1.807, 2.05) is 0 Å². The van der Waals surface area contributed by atoms with Crippen LogP contribution in [0, 0.1) is 18.3 Å². The molecule has 0 radical (unpaired) electrons. The van der Waals surface area contributed by atoms with Gasteiger partial charge in [-0.05, 0) is 56.4 Å². The van der Waals surface area contributed by atoms with E-state index in [4.69, 9.17) is 9.15 Å². The van der Waals surface area contributed by atoms with Crippen molar-refractivity contribution in [1.82, 2.24) is 0 Å². The highest BCUT2D eigenvalue weighted by Crippen LogP contribution is 2.36. The lowest BCUT2D eigenvalue weighted by Gasteiger charge is -2.04. The SMILES string of the molecule is Cc1ccc(C=CC(=O)OCC(=O)Nc2sc3c(c2C#N)CCCCC3)o1. The molecule has 1 aliphatic carbocycles. The first-order valence-electron chi connectivity index (χ1n) is 8.82. The number of rotatable bonds is 5. The highest BCUT2D eigenvalue weighted by atomic mass is 32.1. The third kappa shape index (κ3) is 4.86. The van der Waals surface area contributed by atoms with E-state index in [2.05, 4.69) is 11.4 Å². The van der Waals surface area contributed by atoms with E-state index in [0.29, 0.717) is 16.3 Å². The fourth-order valence-corrected chi connectivity index (χ4v) is 4.25. The molecular formula is C20H20N2O4S. The minimum Gasteiger partial charge on any atom is -0.462 e. The van der Waals surface area contributed by atoms with Gasteiger partial charge in [0.1, 0.15) is 22.6 Å². The average molecular weight is 384 g/mol. The Bertz CT molecular complexity index is 917. The van der Waals surface area contributed by atoms with Gasteiger partial charge in [0.05, 0.1) is 5.56 Å². The topological polar surface area (TPSA) is 92.3 Å². The predicted molar refractivity (Wildman–Crippen MR) is 102 cm³/mol. The molecule has 0 saturated heterocycles. The van der Waals surface area contributed by atoms with E-state index in [1.165, 1.54) is 28.4 Å². The molecule has 1 aliphatic rings. The normalized spacial score (nSPS) is 13.6. The maximum Gasteiger partial charge on any atom is 0.331 e. The number of nitrogens with zero attached hydrogens (tertiary/aromatic N) is 1. The third-order valence-electron chi connectivity index (χ3n) is 4.28. The highest BCUT2D eigenvalue weighted by molar-refractivity contribution is 7.16. The van der Waals surface area contributed by atoms with Crippen LogP contribution >= 0.6 is 11.3 Å². The zero-order valence-corrected chi connectivity index (χ0v) is 15.9. The number of fused-ring (bicyclic) bond motifs is 1. The molecule has 2 heterocycles. The Morgan fingerprint density at radius 1 is 1.33 bits per heavy atom. The highest BCUT2D eigenvalue weighted by Gasteiger charge is 2.21. The molecule has 2 aromatic heterocycles. The van der Waals surface area contributed by atoms with Gasteiger partial charge in [0.2, 0.25) is 0 Å². The molecule has 0 fully saturated rings. The van der Waals surface area contributed by atoms with Crippen LogP contribution in [-0.4, -0.2) is 18.5 Å². The summed E-state index contributed by atoms with van der Waals surface area (Å²) in [5.74, 6) is 0.179. The first kappa shape index (κ1) is 18.9. The smallest absolute Gasteiger partial charge is 0.331 e. The van der Waals surface area contributed by atoms with E-state index in [-0.39, 0.29) is 0 Å². The van der Waals surface area contributed by atoms with Crippen LogP contribution < -0.4 is 5.32 Å². The lowest BCUT2D eigenvalue weighted by molar-refractivity contribution is -0.142. The van der Waals surface area contributed by atoms with Crippen LogP contribution in [0.25, 0.3) is 6.08 Å². The summed E-state index contributed by atoms with van der Waals surface area (Å²) in [6.07, 6.45) is 7.83. The van der Waals surface area contributed by atoms with Gasteiger partial charge < -0.3 is 14.5 Å². The molecule has 0 spiro atoms. The Kier molecular flexibility index (Phi) is 6.09. The second kappa shape index (κ2) is 8.69. The Morgan fingerprint density at radius 3 is 2.89 bits per heavy atom. The van der Waals surface area contributed by atoms with E-state index in [1.54, 1.807) is 19.1 Å². The maximum absolute atomic E-state index is 12.1. The van der Waals surface area contributed by atoms with Crippen molar-refractivity contribution < 1.29 is 18.7 Å². The molecule has 27 heavy (non-hydrogen) atoms. The number of anilines is 1. The van der Waals surface area contributed by atoms with Crippen molar-refractivity contribution in [3.8, 4) is 6.07 Å². The number of carbonyl (C=O) groups is 2. The van der Waals surface area contributed by atoms with Gasteiger partial charge >= 0.3 is 5.97 Å². The Balaban J connectivity index is 1.56. The van der Waals surface area contributed by atoms with Gasteiger partial charge in [0, 0.05) is 11.0 Å². The van der Waals surface area contributed by atoms with Crippen LogP contribution in [-0.2, 0) is 27.2 Å². The van der Waals surface area contributed by atoms with Crippen molar-refractivity contribution in [1.29, 1.82) is 5.26 Å². The van der Waals surface area contributed by atoms with Crippen LogP contribution in [0.2, 0.25) is 0 Å². The van der Waals surface area contributed by atoms with Crippen LogP contribution in [0.4, 0.5) is 5.00 Å². The summed E-state index contributed by atoms with van der Waals surface area (Å²) >= 11 is 1.45. The Hall–Kier alpha value is -2.85. The fourth-order valence-electron chi connectivity index (χ4n) is 2.99. The van der Waals surface area contributed by atoms with Crippen molar-refractivity contribution in [2.24, 2.45) is 0 Å². The molecule has 3 rings (SSSR count). The summed E-state index contributed by atoms with van der Waals surface area (Å²) in [6.45, 7) is 1.40. The van der Waals surface area contributed by atoms with Gasteiger partial charge in [-0.25, -0.2) is 4.79 Å². The van der Waals surface area contributed by atoms with Crippen LogP contribution in [0.15, 0.2) is 22.6 Å². The molecule has 0 aliphatic heterocycles. The molecule has 6 nitrogen and oxygen atoms in total. The predicted octanol–water partition coefficient (Wildman–Crippen LogP) is 3.99. The summed E-state index contributed by atoms with van der Waals surface area (Å²) in [4.78, 5) is 25.0. The molecular weight excluding hydrogens is 364 g/mol. The summed E-state index contributed by atoms with van der Waals surface area (Å²) in [5.41, 5.74) is 1.61. The quantitative estimate of drug-likeness (QED) is 0.478. The monoisotopic (exact) mass is 384 g/mol. The number of thiophene rings is 1. The van der Waals surface area contributed by atoms with Crippen molar-refractivity contribution in [2.75, 3.05) is 11.9 Å². The standard InChI is InChI=1S/C20H20N2O4S/c1-13-7-8-14(26-13)9-10-19(24)25-12-18(23)22-20-16(11-21)15-5-3-2-4-6-17(15)27-20/h7-10H,2-6,12H2,1H3,(H,22,23). The fraction of sp³-hybridized carbons (Fsp3) is 0.350. The number of nitriles is 1. The molecule has 2 aromatic rings. The van der Waals surface area contributed by atoms with Crippen molar-refractivity contribution in [3.05, 3.63) is 45.7 Å². The van der Waals surface area contributed by atoms with E-state index >= 15 is 0 Å². The van der Waals surface area contributed by atoms with E-state index in [0.717, 1.165) is 43.4 Å². The number of amides is 1. The van der Waals surface area contributed by atoms with Gasteiger partial charge in [-0.15, -0.1) is 11.3 Å². The molecule has 1 amide bonds. The molecule has 140 valence electrons. The Labute approximate surface area is 161 Å². The van der Waals surface area contributed by atoms with Crippen molar-refractivity contribution >= 4 is 34.3 Å². The van der Waals surface area contributed by atoms with Gasteiger partial charge in [-0.3, -0.25) is 4.79 Å². The molecule has 1 N–H and O–H groups in total. The number of ether oxygens (including phenoxy) is 1. The first-order valence-corrected chi connectivity index (χ1v) is 9.64. The van der Waals surface area contributed by atoms with Crippen LogP contribution in [0.1, 0.15) is 46.8 Å². The first-order chi connectivity index (χ1) is 13.1. The minimum atomic E-state index is -0.637. The minimum absolute atomic E-state index is 0.409. The molecule has 0 atom stereocenters. The van der Waals surface area contributed by atoms with E-state index < -0.39 is 18.5 Å². The number of hydrogen-bond acceptors (Lipinski definition) is 6. The van der Waals surface area contributed by atoms with Gasteiger partial charge in [-0.1, -0.05) is 6.42 Å². The molecule has 0 unspecified atom stereocenters. The van der Waals surface area contributed by atoms with E-state index in [9.17, 15) is 14.9 Å². The number of furan rings is 1. The summed E-state index contributed by atoms with van der Waals surface area (Å²) < 4.78 is 10.3. The lowest BCUT2D eigenvalue weighted by Crippen LogP contribution is -2.20. The van der Waals surface area contributed by atoms with Crippen molar-refractivity contribution in [3.63, 3.8) is 0 Å². The zero-order valence-electron chi connectivity index (χ0n) is 15.0. The number of nitrogens with one attached hydrogen (secondary N) is 1. The van der Waals surface area contributed by atoms with Crippen molar-refractivity contribution in [2.45, 2.75) is 39.0 Å². The largest absolute Gasteiger partial charge is 0.462 e. The maximum atomic E-state index is 12.1. The third-order valence-corrected chi connectivity index (χ3v) is 5.48. The summed E-state index contributed by atoms with van der Waals surface area (Å²) in [5, 5.41) is 12.7. The summed E-state index contributed by atoms with van der Waals surface area (Å²) in [6, 6.07) is 5.73. The van der Waals surface area contributed by atoms with Gasteiger partial charge in [0.15, 0.2) is 6.61 Å². The summed E-state index contributed by atoms with van der Waals surface area (Å²) in [7, 11) is 0. The average Bonchev–Trinajstić information content (AvgIpc) is 3.13. The number of esters is 1. The molecule has 0 bridgehead atoms. The molecule has 7 heteroatoms. The second-order valence-electron chi connectivity index (χ2n) is 6.32. The van der Waals surface area contributed by atoms with Gasteiger partial charge in [0.25, 0.3) is 5.91 Å². The molecule has 0 aromatic carbocycles. The zero-order chi connectivity index (χ0) is 19.2. The number of aryl methyl sites for hydroxylation is 2. The Morgan fingerprint density at radius 2 is 2.15 bits per heavy atom. The lowest BCUT2D eigenvalue weighted by atomic mass is 10.1. The number of hydrogen-bond donors (Lipinski definition) is 1. The molecule has 0 saturated carbocycles. The van der Waals surface area contributed by atoms with Crippen LogP contribution in [0.3, 0.4) is 0 Å². The van der Waals surface area contributed by atoms with Crippen LogP contribution in [0.5, 0.6) is 0 Å². The number of carbonyl (C=O) groups excluding carboxylic acids is 2. The van der Waals surface area contributed by atoms with Gasteiger partial charge in [-0.2, -0.15) is 5.26 Å². The second-order valence-corrected chi connectivity index (χ2v) is 7.42.